The number of fused-ring (bicyclic) bond motifs is 1. The van der Waals surface area contributed by atoms with E-state index in [0.29, 0.717) is 12.5 Å². The number of hydrogen-bond acceptors (Lipinski definition) is 4. The van der Waals surface area contributed by atoms with Gasteiger partial charge < -0.3 is 16.0 Å². The molecule has 0 radical (unpaired) electrons. The van der Waals surface area contributed by atoms with Crippen LogP contribution in [-0.2, 0) is 28.8 Å². The molecule has 0 saturated heterocycles. The molecule has 138 valence electrons. The summed E-state index contributed by atoms with van der Waals surface area (Å²) in [6.45, 7) is 5.72. The molecule has 0 spiro atoms. The predicted octanol–water partition coefficient (Wildman–Crippen LogP) is 0.789. The maximum absolute atomic E-state index is 11.9. The third-order valence-electron chi connectivity index (χ3n) is 4.80. The van der Waals surface area contributed by atoms with E-state index < -0.39 is 0 Å². The smallest absolute Gasteiger partial charge is 0.276 e. The highest BCUT2D eigenvalue weighted by Gasteiger charge is 2.25. The van der Waals surface area contributed by atoms with E-state index in [0.717, 1.165) is 31.2 Å². The molecule has 0 fully saturated rings. The first kappa shape index (κ1) is 20.0. The van der Waals surface area contributed by atoms with Crippen molar-refractivity contribution in [2.75, 3.05) is 19.6 Å². The summed E-state index contributed by atoms with van der Waals surface area (Å²) in [5, 5.41) is 17.5. The Bertz CT molecular complexity index is 687. The van der Waals surface area contributed by atoms with Crippen LogP contribution in [0.15, 0.2) is 18.2 Å². The van der Waals surface area contributed by atoms with Gasteiger partial charge in [0.05, 0.1) is 13.1 Å². The number of amides is 2. The Morgan fingerprint density at radius 1 is 1.19 bits per heavy atom. The van der Waals surface area contributed by atoms with Crippen molar-refractivity contribution in [1.82, 2.24) is 16.0 Å². The van der Waals surface area contributed by atoms with Gasteiger partial charge in [-0.1, -0.05) is 49.6 Å². The molecule has 1 aliphatic rings. The number of benzene rings is 1. The summed E-state index contributed by atoms with van der Waals surface area (Å²) >= 11 is 0. The molecule has 0 bridgehead atoms. The number of nitrogens with one attached hydrogen (secondary N) is 3. The lowest BCUT2D eigenvalue weighted by Crippen LogP contribution is -2.41. The highest BCUT2D eigenvalue weighted by Crippen LogP contribution is 2.22. The molecule has 0 aliphatic carbocycles. The Morgan fingerprint density at radius 3 is 2.65 bits per heavy atom. The molecule has 1 aliphatic heterocycles. The van der Waals surface area contributed by atoms with Crippen LogP contribution in [0.4, 0.5) is 0 Å². The van der Waals surface area contributed by atoms with Gasteiger partial charge in [-0.2, -0.15) is 0 Å². The molecular formula is C19H27BN4O2. The largest absolute Gasteiger partial charge is 0.350 e. The van der Waals surface area contributed by atoms with Crippen LogP contribution >= 0.6 is 0 Å². The van der Waals surface area contributed by atoms with Crippen molar-refractivity contribution >= 4 is 18.5 Å². The number of nitrogens with zero attached hydrogens (tertiary/aromatic N) is 1. The first-order chi connectivity index (χ1) is 12.5. The van der Waals surface area contributed by atoms with Gasteiger partial charge in [0.2, 0.25) is 11.8 Å². The van der Waals surface area contributed by atoms with Crippen LogP contribution in [0.1, 0.15) is 37.0 Å². The molecule has 1 unspecified atom stereocenters. The highest BCUT2D eigenvalue weighted by atomic mass is 16.2. The fourth-order valence-corrected chi connectivity index (χ4v) is 2.95. The number of carbonyl (C=O) groups is 2. The molecule has 7 heteroatoms. The van der Waals surface area contributed by atoms with Crippen LogP contribution in [0.3, 0.4) is 0 Å². The summed E-state index contributed by atoms with van der Waals surface area (Å²) in [6, 6.07) is 6.08. The van der Waals surface area contributed by atoms with Crippen LogP contribution in [-0.4, -0.2) is 38.2 Å². The van der Waals surface area contributed by atoms with E-state index in [-0.39, 0.29) is 31.6 Å². The second-order valence-corrected chi connectivity index (χ2v) is 7.04. The summed E-state index contributed by atoms with van der Waals surface area (Å²) < 4.78 is 0. The van der Waals surface area contributed by atoms with Gasteiger partial charge in [-0.25, -0.2) is 5.26 Å². The summed E-state index contributed by atoms with van der Waals surface area (Å²) in [5.74, 6) is 2.46. The van der Waals surface area contributed by atoms with E-state index in [1.54, 1.807) is 0 Å². The lowest BCUT2D eigenvalue weighted by molar-refractivity contribution is -0.125. The number of carbonyl (C=O) groups excluding carboxylic acids is 2. The van der Waals surface area contributed by atoms with E-state index in [1.165, 1.54) is 11.1 Å². The van der Waals surface area contributed by atoms with E-state index in [2.05, 4.69) is 41.8 Å². The van der Waals surface area contributed by atoms with Gasteiger partial charge in [-0.15, -0.1) is 0 Å². The van der Waals surface area contributed by atoms with Gasteiger partial charge in [0, 0.05) is 12.5 Å². The number of hydrogen-bond donors (Lipinski definition) is 3. The number of rotatable bonds is 9. The van der Waals surface area contributed by atoms with E-state index in [9.17, 15) is 9.59 Å². The van der Waals surface area contributed by atoms with Crippen molar-refractivity contribution < 1.29 is 9.59 Å². The molecule has 1 aromatic rings. The lowest BCUT2D eigenvalue weighted by Gasteiger charge is -2.11. The SMILES string of the molecule is CCC(C)CNCC(=O)NCC(=O)NCc1ccc2c(c1)CB(C#N)C2. The van der Waals surface area contributed by atoms with Gasteiger partial charge in [0.15, 0.2) is 0 Å². The topological polar surface area (TPSA) is 94.0 Å². The van der Waals surface area contributed by atoms with E-state index >= 15 is 0 Å². The van der Waals surface area contributed by atoms with E-state index in [1.807, 2.05) is 12.1 Å². The van der Waals surface area contributed by atoms with Crippen molar-refractivity contribution in [2.24, 2.45) is 5.92 Å². The summed E-state index contributed by atoms with van der Waals surface area (Å²) in [4.78, 5) is 23.6. The van der Waals surface area contributed by atoms with Crippen molar-refractivity contribution in [2.45, 2.75) is 39.5 Å². The van der Waals surface area contributed by atoms with Crippen LogP contribution in [0.25, 0.3) is 0 Å². The zero-order chi connectivity index (χ0) is 18.9. The Hall–Kier alpha value is -2.33. The maximum Gasteiger partial charge on any atom is 0.276 e. The lowest BCUT2D eigenvalue weighted by atomic mass is 9.49. The van der Waals surface area contributed by atoms with Gasteiger partial charge in [0.25, 0.3) is 6.71 Å². The van der Waals surface area contributed by atoms with Crippen LogP contribution in [0.5, 0.6) is 0 Å². The average Bonchev–Trinajstić information content (AvgIpc) is 3.06. The van der Waals surface area contributed by atoms with Gasteiger partial charge in [-0.05, 0) is 30.7 Å². The second-order valence-electron chi connectivity index (χ2n) is 7.04. The zero-order valence-corrected chi connectivity index (χ0v) is 15.6. The second kappa shape index (κ2) is 9.98. The molecule has 6 nitrogen and oxygen atoms in total. The molecule has 2 rings (SSSR count). The molecule has 1 aromatic carbocycles. The molecule has 1 heterocycles. The monoisotopic (exact) mass is 354 g/mol. The van der Waals surface area contributed by atoms with Crippen LogP contribution in [0.2, 0.25) is 0 Å². The Kier molecular flexibility index (Phi) is 7.67. The summed E-state index contributed by atoms with van der Waals surface area (Å²) in [6.07, 6.45) is 2.67. The molecule has 26 heavy (non-hydrogen) atoms. The first-order valence-corrected chi connectivity index (χ1v) is 9.26. The minimum atomic E-state index is -0.212. The number of nitriles is 1. The van der Waals surface area contributed by atoms with Crippen LogP contribution < -0.4 is 16.0 Å². The third kappa shape index (κ3) is 6.19. The summed E-state index contributed by atoms with van der Waals surface area (Å²) in [5.41, 5.74) is 3.44. The quantitative estimate of drug-likeness (QED) is 0.572. The fraction of sp³-hybridized carbons (Fsp3) is 0.526. The van der Waals surface area contributed by atoms with Crippen LogP contribution in [0, 0.1) is 17.1 Å². The zero-order valence-electron chi connectivity index (χ0n) is 15.6. The summed E-state index contributed by atoms with van der Waals surface area (Å²) in [7, 11) is 0. The van der Waals surface area contributed by atoms with Crippen molar-refractivity contribution in [3.05, 3.63) is 34.9 Å². The van der Waals surface area contributed by atoms with E-state index in [4.69, 9.17) is 5.26 Å². The Labute approximate surface area is 155 Å². The minimum absolute atomic E-state index is 0.0225. The van der Waals surface area contributed by atoms with Crippen molar-refractivity contribution in [3.8, 4) is 5.97 Å². The first-order valence-electron chi connectivity index (χ1n) is 9.26. The predicted molar refractivity (Wildman–Crippen MR) is 102 cm³/mol. The Balaban J connectivity index is 1.66. The normalized spacial score (nSPS) is 13.7. The van der Waals surface area contributed by atoms with Gasteiger partial charge >= 0.3 is 0 Å². The standard InChI is InChI=1S/C19H27BN4O2/c1-3-14(2)9-22-11-18(25)24-12-19(26)23-10-15-4-5-16-7-20(13-21)8-17(16)6-15/h4-6,14,22H,3,7-12H2,1-2H3,(H,23,26)(H,24,25). The maximum atomic E-state index is 11.9. The Morgan fingerprint density at radius 2 is 1.92 bits per heavy atom. The highest BCUT2D eigenvalue weighted by molar-refractivity contribution is 6.66. The molecule has 2 amide bonds. The van der Waals surface area contributed by atoms with Crippen molar-refractivity contribution in [1.29, 1.82) is 5.26 Å². The third-order valence-corrected chi connectivity index (χ3v) is 4.80. The average molecular weight is 354 g/mol. The van der Waals surface area contributed by atoms with Gasteiger partial charge in [0.1, 0.15) is 0 Å². The molecule has 1 atom stereocenters. The molecular weight excluding hydrogens is 327 g/mol. The molecule has 3 N–H and O–H groups in total. The molecule has 0 aromatic heterocycles. The molecule has 0 saturated carbocycles. The van der Waals surface area contributed by atoms with Gasteiger partial charge in [-0.3, -0.25) is 9.59 Å². The van der Waals surface area contributed by atoms with Crippen molar-refractivity contribution in [3.63, 3.8) is 0 Å². The minimum Gasteiger partial charge on any atom is -0.350 e. The fourth-order valence-electron chi connectivity index (χ4n) is 2.95.